The van der Waals surface area contributed by atoms with E-state index in [0.29, 0.717) is 0 Å². The number of ether oxygens (including phenoxy) is 1. The third-order valence-corrected chi connectivity index (χ3v) is 6.81. The summed E-state index contributed by atoms with van der Waals surface area (Å²) in [6.07, 6.45) is 5.39. The molecule has 1 saturated heterocycles. The highest BCUT2D eigenvalue weighted by Gasteiger charge is 2.18. The van der Waals surface area contributed by atoms with Gasteiger partial charge in [0.1, 0.15) is 12.4 Å². The van der Waals surface area contributed by atoms with E-state index < -0.39 is 0 Å². The lowest BCUT2D eigenvalue weighted by Gasteiger charge is -2.20. The van der Waals surface area contributed by atoms with Gasteiger partial charge in [-0.1, -0.05) is 54.8 Å². The van der Waals surface area contributed by atoms with Crippen LogP contribution >= 0.6 is 22.9 Å². The second-order valence-electron chi connectivity index (χ2n) is 7.67. The zero-order valence-electron chi connectivity index (χ0n) is 16.7. The van der Waals surface area contributed by atoms with E-state index in [0.717, 1.165) is 23.9 Å². The van der Waals surface area contributed by atoms with E-state index in [2.05, 4.69) is 58.8 Å². The van der Waals surface area contributed by atoms with Crippen molar-refractivity contribution in [3.05, 3.63) is 87.1 Å². The van der Waals surface area contributed by atoms with Crippen molar-refractivity contribution in [3.8, 4) is 5.75 Å². The molecule has 1 fully saturated rings. The van der Waals surface area contributed by atoms with Crippen molar-refractivity contribution >= 4 is 22.9 Å². The van der Waals surface area contributed by atoms with Crippen LogP contribution in [-0.2, 0) is 0 Å². The molecule has 2 aromatic carbocycles. The third-order valence-electron chi connectivity index (χ3n) is 5.62. The highest BCUT2D eigenvalue weighted by molar-refractivity contribution is 7.10. The molecular formula is C25H28ClNOS. The van der Waals surface area contributed by atoms with E-state index in [1.54, 1.807) is 11.3 Å². The number of halogens is 1. The number of benzene rings is 2. The summed E-state index contributed by atoms with van der Waals surface area (Å²) in [5, 5.41) is 2.91. The molecule has 152 valence electrons. The summed E-state index contributed by atoms with van der Waals surface area (Å²) in [4.78, 5) is 3.87. The highest BCUT2D eigenvalue weighted by Crippen LogP contribution is 2.35. The standard InChI is InChI=1S/C25H28ClNOS/c26-22-11-7-20(8-12-22)25(24-6-5-19-29-24)21-9-13-23(14-10-21)28-18-17-27-15-3-1-2-4-16-27/h5-14,19,25H,1-4,15-18H2/t25-/m0/s1. The first-order valence-electron chi connectivity index (χ1n) is 10.5. The summed E-state index contributed by atoms with van der Waals surface area (Å²) in [7, 11) is 0. The maximum absolute atomic E-state index is 6.10. The molecule has 0 spiro atoms. The fraction of sp³-hybridized carbons (Fsp3) is 0.360. The van der Waals surface area contributed by atoms with Gasteiger partial charge in [0.25, 0.3) is 0 Å². The zero-order chi connectivity index (χ0) is 19.9. The van der Waals surface area contributed by atoms with Crippen LogP contribution in [0.15, 0.2) is 66.0 Å². The van der Waals surface area contributed by atoms with Crippen LogP contribution in [0.25, 0.3) is 0 Å². The van der Waals surface area contributed by atoms with Gasteiger partial charge in [-0.15, -0.1) is 11.3 Å². The van der Waals surface area contributed by atoms with Crippen molar-refractivity contribution in [1.82, 2.24) is 4.90 Å². The summed E-state index contributed by atoms with van der Waals surface area (Å²) in [6.45, 7) is 4.20. The number of hydrogen-bond acceptors (Lipinski definition) is 3. The summed E-state index contributed by atoms with van der Waals surface area (Å²) in [5.74, 6) is 1.17. The normalized spacial score (nSPS) is 16.3. The van der Waals surface area contributed by atoms with Gasteiger partial charge in [0, 0.05) is 22.4 Å². The summed E-state index contributed by atoms with van der Waals surface area (Å²) >= 11 is 7.90. The second kappa shape index (κ2) is 10.3. The maximum Gasteiger partial charge on any atom is 0.119 e. The number of nitrogens with zero attached hydrogens (tertiary/aromatic N) is 1. The molecule has 0 bridgehead atoms. The van der Waals surface area contributed by atoms with Crippen LogP contribution in [0.4, 0.5) is 0 Å². The Bertz CT molecular complexity index is 853. The molecule has 4 rings (SSSR count). The molecule has 0 saturated carbocycles. The Morgan fingerprint density at radius 2 is 1.52 bits per heavy atom. The van der Waals surface area contributed by atoms with Gasteiger partial charge >= 0.3 is 0 Å². The molecule has 1 aliphatic rings. The van der Waals surface area contributed by atoms with Crippen molar-refractivity contribution in [2.24, 2.45) is 0 Å². The van der Waals surface area contributed by atoms with Gasteiger partial charge in [-0.3, -0.25) is 4.90 Å². The van der Waals surface area contributed by atoms with E-state index in [4.69, 9.17) is 16.3 Å². The maximum atomic E-state index is 6.10. The second-order valence-corrected chi connectivity index (χ2v) is 9.09. The van der Waals surface area contributed by atoms with Crippen LogP contribution in [0.5, 0.6) is 5.75 Å². The van der Waals surface area contributed by atoms with Crippen LogP contribution < -0.4 is 4.74 Å². The molecule has 2 heterocycles. The van der Waals surface area contributed by atoms with E-state index >= 15 is 0 Å². The van der Waals surface area contributed by atoms with E-state index in [1.807, 2.05) is 12.1 Å². The summed E-state index contributed by atoms with van der Waals surface area (Å²) in [5.41, 5.74) is 2.53. The number of rotatable bonds is 7. The smallest absolute Gasteiger partial charge is 0.119 e. The highest BCUT2D eigenvalue weighted by atomic mass is 35.5. The van der Waals surface area contributed by atoms with Gasteiger partial charge in [-0.25, -0.2) is 0 Å². The average molecular weight is 426 g/mol. The van der Waals surface area contributed by atoms with Gasteiger partial charge in [0.05, 0.1) is 0 Å². The molecule has 0 aliphatic carbocycles. The van der Waals surface area contributed by atoms with Gasteiger partial charge in [-0.2, -0.15) is 0 Å². The largest absolute Gasteiger partial charge is 0.492 e. The molecule has 2 nitrogen and oxygen atoms in total. The third kappa shape index (κ3) is 5.63. The van der Waals surface area contributed by atoms with Crippen LogP contribution in [0.1, 0.15) is 47.6 Å². The lowest BCUT2D eigenvalue weighted by atomic mass is 9.90. The van der Waals surface area contributed by atoms with Crippen LogP contribution in [0, 0.1) is 0 Å². The van der Waals surface area contributed by atoms with E-state index in [9.17, 15) is 0 Å². The lowest BCUT2D eigenvalue weighted by molar-refractivity contribution is 0.214. The summed E-state index contributed by atoms with van der Waals surface area (Å²) in [6, 6.07) is 21.1. The van der Waals surface area contributed by atoms with Crippen molar-refractivity contribution in [2.75, 3.05) is 26.2 Å². The molecule has 4 heteroatoms. The summed E-state index contributed by atoms with van der Waals surface area (Å²) < 4.78 is 6.04. The van der Waals surface area contributed by atoms with Crippen molar-refractivity contribution < 1.29 is 4.74 Å². The van der Waals surface area contributed by atoms with Gasteiger partial charge in [0.15, 0.2) is 0 Å². The Morgan fingerprint density at radius 1 is 0.862 bits per heavy atom. The fourth-order valence-corrected chi connectivity index (χ4v) is 5.05. The number of thiophene rings is 1. The first kappa shape index (κ1) is 20.5. The monoisotopic (exact) mass is 425 g/mol. The number of hydrogen-bond donors (Lipinski definition) is 0. The SMILES string of the molecule is Clc1ccc([C@@H](c2ccc(OCCN3CCCCCC3)cc2)c2cccs2)cc1. The lowest BCUT2D eigenvalue weighted by Crippen LogP contribution is -2.29. The molecule has 0 unspecified atom stereocenters. The minimum absolute atomic E-state index is 0.221. The zero-order valence-corrected chi connectivity index (χ0v) is 18.3. The fourth-order valence-electron chi connectivity index (χ4n) is 4.04. The van der Waals surface area contributed by atoms with Crippen molar-refractivity contribution in [2.45, 2.75) is 31.6 Å². The Hall–Kier alpha value is -1.81. The minimum atomic E-state index is 0.221. The molecule has 29 heavy (non-hydrogen) atoms. The first-order valence-corrected chi connectivity index (χ1v) is 11.8. The molecule has 0 radical (unpaired) electrons. The van der Waals surface area contributed by atoms with Crippen molar-refractivity contribution in [1.29, 1.82) is 0 Å². The Kier molecular flexibility index (Phi) is 7.26. The minimum Gasteiger partial charge on any atom is -0.492 e. The molecular weight excluding hydrogens is 398 g/mol. The molecule has 0 N–H and O–H groups in total. The quantitative estimate of drug-likeness (QED) is 0.411. The van der Waals surface area contributed by atoms with Crippen LogP contribution in [-0.4, -0.2) is 31.1 Å². The Morgan fingerprint density at radius 3 is 2.14 bits per heavy atom. The topological polar surface area (TPSA) is 12.5 Å². The van der Waals surface area contributed by atoms with Gasteiger partial charge in [0.2, 0.25) is 0 Å². The van der Waals surface area contributed by atoms with E-state index in [-0.39, 0.29) is 5.92 Å². The van der Waals surface area contributed by atoms with Gasteiger partial charge < -0.3 is 4.74 Å². The Labute approximate surface area is 183 Å². The predicted octanol–water partition coefficient (Wildman–Crippen LogP) is 6.84. The molecule has 3 aromatic rings. The van der Waals surface area contributed by atoms with E-state index in [1.165, 1.54) is 54.8 Å². The van der Waals surface area contributed by atoms with Crippen LogP contribution in [0.2, 0.25) is 5.02 Å². The van der Waals surface area contributed by atoms with Crippen molar-refractivity contribution in [3.63, 3.8) is 0 Å². The number of likely N-dealkylation sites (tertiary alicyclic amines) is 1. The molecule has 1 atom stereocenters. The van der Waals surface area contributed by atoms with Crippen LogP contribution in [0.3, 0.4) is 0 Å². The first-order chi connectivity index (χ1) is 14.3. The molecule has 1 aliphatic heterocycles. The molecule has 0 amide bonds. The Balaban J connectivity index is 1.42. The van der Waals surface area contributed by atoms with Gasteiger partial charge in [-0.05, 0) is 72.8 Å². The average Bonchev–Trinajstić information content (AvgIpc) is 3.14. The molecule has 1 aromatic heterocycles. The predicted molar refractivity (Wildman–Crippen MR) is 124 cm³/mol.